The molecule has 6 heteroatoms. The molecule has 0 saturated carbocycles. The molecule has 0 atom stereocenters. The zero-order chi connectivity index (χ0) is 14.8. The fourth-order valence-electron chi connectivity index (χ4n) is 2.73. The smallest absolute Gasteiger partial charge is 0.219 e. The molecule has 2 aromatic rings. The minimum Gasteiger partial charge on any atom is -0.353 e. The second kappa shape index (κ2) is 5.85. The Morgan fingerprint density at radius 1 is 1.10 bits per heavy atom. The van der Waals surface area contributed by atoms with Gasteiger partial charge in [0.2, 0.25) is 5.91 Å². The summed E-state index contributed by atoms with van der Waals surface area (Å²) in [5, 5.41) is 10.7. The largest absolute Gasteiger partial charge is 0.353 e. The number of carbonyl (C=O) groups is 1. The lowest BCUT2D eigenvalue weighted by Crippen LogP contribution is -2.34. The lowest BCUT2D eigenvalue weighted by atomic mass is 10.2. The van der Waals surface area contributed by atoms with Gasteiger partial charge in [-0.15, -0.1) is 10.2 Å². The molecular formula is C15H17ClN4O. The van der Waals surface area contributed by atoms with Crippen LogP contribution < -0.4 is 4.90 Å². The normalized spacial score (nSPS) is 16.1. The topological polar surface area (TPSA) is 49.3 Å². The molecule has 1 aromatic heterocycles. The fraction of sp³-hybridized carbons (Fsp3) is 0.400. The van der Waals surface area contributed by atoms with Gasteiger partial charge in [0.05, 0.1) is 0 Å². The zero-order valence-electron chi connectivity index (χ0n) is 11.9. The molecule has 110 valence electrons. The number of rotatable bonds is 1. The Labute approximate surface area is 128 Å². The summed E-state index contributed by atoms with van der Waals surface area (Å²) in [7, 11) is 0. The van der Waals surface area contributed by atoms with E-state index in [2.05, 4.69) is 15.1 Å². The van der Waals surface area contributed by atoms with Crippen molar-refractivity contribution in [2.24, 2.45) is 0 Å². The van der Waals surface area contributed by atoms with Crippen LogP contribution in [0.15, 0.2) is 24.3 Å². The van der Waals surface area contributed by atoms with Gasteiger partial charge in [0, 0.05) is 43.9 Å². The summed E-state index contributed by atoms with van der Waals surface area (Å²) in [6, 6.07) is 7.89. The lowest BCUT2D eigenvalue weighted by Gasteiger charge is -2.23. The highest BCUT2D eigenvalue weighted by Crippen LogP contribution is 2.28. The molecule has 0 spiro atoms. The third kappa shape index (κ3) is 2.78. The van der Waals surface area contributed by atoms with Crippen molar-refractivity contribution in [3.8, 4) is 0 Å². The van der Waals surface area contributed by atoms with E-state index >= 15 is 0 Å². The molecule has 0 radical (unpaired) electrons. The second-order valence-corrected chi connectivity index (χ2v) is 5.56. The lowest BCUT2D eigenvalue weighted by molar-refractivity contribution is -0.128. The third-order valence-corrected chi connectivity index (χ3v) is 4.14. The number of benzene rings is 1. The zero-order valence-corrected chi connectivity index (χ0v) is 12.7. The molecule has 0 N–H and O–H groups in total. The quantitative estimate of drug-likeness (QED) is 0.811. The maximum absolute atomic E-state index is 11.5. The molecule has 1 amide bonds. The minimum atomic E-state index is 0.129. The molecule has 0 aliphatic carbocycles. The van der Waals surface area contributed by atoms with Gasteiger partial charge in [-0.25, -0.2) is 0 Å². The van der Waals surface area contributed by atoms with Crippen LogP contribution in [0.2, 0.25) is 5.15 Å². The first-order chi connectivity index (χ1) is 10.2. The first kappa shape index (κ1) is 14.1. The standard InChI is InChI=1S/C15H17ClN4O/c1-11(21)19-7-4-8-20(10-9-19)15-13-6-3-2-5-12(13)14(16)17-18-15/h2-3,5-6H,4,7-10H2,1H3. The number of amides is 1. The van der Waals surface area contributed by atoms with Crippen molar-refractivity contribution >= 4 is 34.1 Å². The monoisotopic (exact) mass is 304 g/mol. The van der Waals surface area contributed by atoms with Gasteiger partial charge in [0.25, 0.3) is 0 Å². The predicted molar refractivity (Wildman–Crippen MR) is 83.6 cm³/mol. The van der Waals surface area contributed by atoms with Crippen LogP contribution in [0, 0.1) is 0 Å². The van der Waals surface area contributed by atoms with E-state index in [0.29, 0.717) is 11.7 Å². The summed E-state index contributed by atoms with van der Waals surface area (Å²) in [6.45, 7) is 4.76. The molecule has 1 aromatic carbocycles. The molecule has 1 aliphatic heterocycles. The average Bonchev–Trinajstić information content (AvgIpc) is 2.74. The van der Waals surface area contributed by atoms with Crippen molar-refractivity contribution in [2.75, 3.05) is 31.1 Å². The van der Waals surface area contributed by atoms with Crippen LogP contribution in [0.5, 0.6) is 0 Å². The molecular weight excluding hydrogens is 288 g/mol. The molecule has 1 aliphatic rings. The first-order valence-electron chi connectivity index (χ1n) is 7.08. The van der Waals surface area contributed by atoms with Crippen LogP contribution in [0.1, 0.15) is 13.3 Å². The highest BCUT2D eigenvalue weighted by Gasteiger charge is 2.20. The molecule has 2 heterocycles. The van der Waals surface area contributed by atoms with Crippen molar-refractivity contribution in [3.05, 3.63) is 29.4 Å². The highest BCUT2D eigenvalue weighted by molar-refractivity contribution is 6.34. The molecule has 1 fully saturated rings. The van der Waals surface area contributed by atoms with E-state index in [0.717, 1.165) is 42.6 Å². The van der Waals surface area contributed by atoms with E-state index in [1.54, 1.807) is 6.92 Å². The minimum absolute atomic E-state index is 0.129. The molecule has 5 nitrogen and oxygen atoms in total. The predicted octanol–water partition coefficient (Wildman–Crippen LogP) is 2.34. The van der Waals surface area contributed by atoms with Gasteiger partial charge < -0.3 is 9.80 Å². The van der Waals surface area contributed by atoms with Gasteiger partial charge >= 0.3 is 0 Å². The Hall–Kier alpha value is -1.88. The Balaban J connectivity index is 1.94. The van der Waals surface area contributed by atoms with Crippen LogP contribution in [0.25, 0.3) is 10.8 Å². The summed E-state index contributed by atoms with van der Waals surface area (Å²) < 4.78 is 0. The van der Waals surface area contributed by atoms with E-state index in [4.69, 9.17) is 11.6 Å². The number of anilines is 1. The number of halogens is 1. The Kier molecular flexibility index (Phi) is 3.92. The third-order valence-electron chi connectivity index (χ3n) is 3.86. The summed E-state index contributed by atoms with van der Waals surface area (Å²) in [6.07, 6.45) is 0.929. The van der Waals surface area contributed by atoms with Gasteiger partial charge in [0.15, 0.2) is 11.0 Å². The Morgan fingerprint density at radius 3 is 2.62 bits per heavy atom. The van der Waals surface area contributed by atoms with Crippen LogP contribution in [0.3, 0.4) is 0 Å². The molecule has 21 heavy (non-hydrogen) atoms. The van der Waals surface area contributed by atoms with E-state index in [-0.39, 0.29) is 5.91 Å². The van der Waals surface area contributed by atoms with Crippen molar-refractivity contribution in [1.82, 2.24) is 15.1 Å². The molecule has 0 unspecified atom stereocenters. The highest BCUT2D eigenvalue weighted by atomic mass is 35.5. The van der Waals surface area contributed by atoms with Crippen LogP contribution in [-0.2, 0) is 4.79 Å². The van der Waals surface area contributed by atoms with Gasteiger partial charge in [-0.2, -0.15) is 0 Å². The van der Waals surface area contributed by atoms with E-state index in [1.807, 2.05) is 29.2 Å². The van der Waals surface area contributed by atoms with Crippen LogP contribution >= 0.6 is 11.6 Å². The fourth-order valence-corrected chi connectivity index (χ4v) is 2.94. The molecule has 0 bridgehead atoms. The van der Waals surface area contributed by atoms with Crippen molar-refractivity contribution in [3.63, 3.8) is 0 Å². The number of carbonyl (C=O) groups excluding carboxylic acids is 1. The number of fused-ring (bicyclic) bond motifs is 1. The van der Waals surface area contributed by atoms with Crippen molar-refractivity contribution < 1.29 is 4.79 Å². The van der Waals surface area contributed by atoms with Crippen molar-refractivity contribution in [1.29, 1.82) is 0 Å². The maximum Gasteiger partial charge on any atom is 0.219 e. The van der Waals surface area contributed by atoms with E-state index < -0.39 is 0 Å². The summed E-state index contributed by atoms with van der Waals surface area (Å²) in [5.74, 6) is 0.976. The van der Waals surface area contributed by atoms with Crippen LogP contribution in [-0.4, -0.2) is 47.2 Å². The maximum atomic E-state index is 11.5. The Morgan fingerprint density at radius 2 is 1.86 bits per heavy atom. The van der Waals surface area contributed by atoms with Gasteiger partial charge in [-0.1, -0.05) is 35.9 Å². The van der Waals surface area contributed by atoms with E-state index in [9.17, 15) is 4.79 Å². The number of aromatic nitrogens is 2. The first-order valence-corrected chi connectivity index (χ1v) is 7.46. The van der Waals surface area contributed by atoms with E-state index in [1.165, 1.54) is 0 Å². The SMILES string of the molecule is CC(=O)N1CCCN(c2nnc(Cl)c3ccccc23)CC1. The van der Waals surface area contributed by atoms with Crippen molar-refractivity contribution in [2.45, 2.75) is 13.3 Å². The Bertz CT molecular complexity index is 676. The summed E-state index contributed by atoms with van der Waals surface area (Å²) in [4.78, 5) is 15.6. The second-order valence-electron chi connectivity index (χ2n) is 5.21. The number of hydrogen-bond acceptors (Lipinski definition) is 4. The summed E-state index contributed by atoms with van der Waals surface area (Å²) >= 11 is 6.12. The van der Waals surface area contributed by atoms with Gasteiger partial charge in [0.1, 0.15) is 0 Å². The average molecular weight is 305 g/mol. The summed E-state index contributed by atoms with van der Waals surface area (Å²) in [5.41, 5.74) is 0. The number of hydrogen-bond donors (Lipinski definition) is 0. The van der Waals surface area contributed by atoms with Gasteiger partial charge in [-0.05, 0) is 6.42 Å². The van der Waals surface area contributed by atoms with Crippen LogP contribution in [0.4, 0.5) is 5.82 Å². The van der Waals surface area contributed by atoms with Gasteiger partial charge in [-0.3, -0.25) is 4.79 Å². The molecule has 3 rings (SSSR count). The number of nitrogens with zero attached hydrogens (tertiary/aromatic N) is 4. The molecule has 1 saturated heterocycles.